The first-order valence-electron chi connectivity index (χ1n) is 10.0. The summed E-state index contributed by atoms with van der Waals surface area (Å²) in [6, 6.07) is 16.0. The zero-order chi connectivity index (χ0) is 20.2. The Morgan fingerprint density at radius 1 is 1.10 bits per heavy atom. The average molecular weight is 408 g/mol. The second-order valence-electron chi connectivity index (χ2n) is 7.52. The Kier molecular flexibility index (Phi) is 6.02. The van der Waals surface area contributed by atoms with E-state index >= 15 is 0 Å². The number of hydrogen-bond acceptors (Lipinski definition) is 4. The molecule has 2 heterocycles. The van der Waals surface area contributed by atoms with Crippen LogP contribution < -0.4 is 10.5 Å². The number of nitrogens with zero attached hydrogens (tertiary/aromatic N) is 2. The van der Waals surface area contributed by atoms with Crippen LogP contribution in [0.4, 0.5) is 5.69 Å². The van der Waals surface area contributed by atoms with Crippen molar-refractivity contribution in [2.24, 2.45) is 0 Å². The van der Waals surface area contributed by atoms with Crippen molar-refractivity contribution in [3.63, 3.8) is 0 Å². The number of nitrogens with two attached hydrogens (primary N) is 1. The van der Waals surface area contributed by atoms with Gasteiger partial charge in [-0.15, -0.1) is 0 Å². The van der Waals surface area contributed by atoms with Crippen LogP contribution >= 0.6 is 11.6 Å². The van der Waals surface area contributed by atoms with Gasteiger partial charge in [0.2, 0.25) is 0 Å². The smallest absolute Gasteiger partial charge is 0.128 e. The lowest BCUT2D eigenvalue weighted by Gasteiger charge is -2.28. The van der Waals surface area contributed by atoms with Crippen LogP contribution in [0, 0.1) is 6.92 Å². The van der Waals surface area contributed by atoms with Crippen molar-refractivity contribution in [3.05, 3.63) is 70.4 Å². The van der Waals surface area contributed by atoms with E-state index in [9.17, 15) is 0 Å². The Balaban J connectivity index is 1.31. The third-order valence-corrected chi connectivity index (χ3v) is 5.85. The van der Waals surface area contributed by atoms with Gasteiger partial charge < -0.3 is 10.5 Å². The number of ether oxygens (including phenoxy) is 1. The SMILES string of the molecule is Cc1ccc2c(OCCN3CCC(=Cc4cccc(N)c4Cl)CC3)cccc2n1. The summed E-state index contributed by atoms with van der Waals surface area (Å²) in [4.78, 5) is 7.02. The predicted molar refractivity (Wildman–Crippen MR) is 121 cm³/mol. The van der Waals surface area contributed by atoms with Gasteiger partial charge in [-0.25, -0.2) is 0 Å². The number of rotatable bonds is 5. The van der Waals surface area contributed by atoms with Gasteiger partial charge >= 0.3 is 0 Å². The van der Waals surface area contributed by atoms with Gasteiger partial charge in [-0.3, -0.25) is 9.88 Å². The minimum absolute atomic E-state index is 0.634. The molecule has 4 nitrogen and oxygen atoms in total. The van der Waals surface area contributed by atoms with Crippen LogP contribution in [0.15, 0.2) is 54.1 Å². The molecular formula is C24H26ClN3O. The molecule has 0 radical (unpaired) electrons. The van der Waals surface area contributed by atoms with E-state index in [1.165, 1.54) is 5.57 Å². The van der Waals surface area contributed by atoms with Crippen LogP contribution in [-0.4, -0.2) is 36.1 Å². The van der Waals surface area contributed by atoms with Crippen LogP contribution in [0.1, 0.15) is 24.1 Å². The van der Waals surface area contributed by atoms with Gasteiger partial charge in [-0.05, 0) is 55.7 Å². The number of halogens is 1. The summed E-state index contributed by atoms with van der Waals surface area (Å²) in [5.41, 5.74) is 11.0. The van der Waals surface area contributed by atoms with Crippen LogP contribution in [0.25, 0.3) is 17.0 Å². The topological polar surface area (TPSA) is 51.4 Å². The molecule has 3 aromatic rings. The summed E-state index contributed by atoms with van der Waals surface area (Å²) in [5, 5.41) is 1.72. The molecule has 0 saturated carbocycles. The fourth-order valence-corrected chi connectivity index (χ4v) is 3.93. The molecule has 1 aliphatic rings. The fourth-order valence-electron chi connectivity index (χ4n) is 3.75. The van der Waals surface area contributed by atoms with Gasteiger partial charge in [0.15, 0.2) is 0 Å². The van der Waals surface area contributed by atoms with Crippen molar-refractivity contribution in [2.75, 3.05) is 32.0 Å². The van der Waals surface area contributed by atoms with Gasteiger partial charge in [-0.1, -0.05) is 41.4 Å². The van der Waals surface area contributed by atoms with Gasteiger partial charge in [0.05, 0.1) is 16.2 Å². The van der Waals surface area contributed by atoms with E-state index in [-0.39, 0.29) is 0 Å². The molecule has 0 bridgehead atoms. The van der Waals surface area contributed by atoms with E-state index in [0.29, 0.717) is 17.3 Å². The Morgan fingerprint density at radius 3 is 2.72 bits per heavy atom. The first kappa shape index (κ1) is 19.7. The van der Waals surface area contributed by atoms with E-state index in [0.717, 1.165) is 60.4 Å². The van der Waals surface area contributed by atoms with E-state index in [1.54, 1.807) is 0 Å². The normalized spacial score (nSPS) is 14.9. The maximum Gasteiger partial charge on any atom is 0.128 e. The Hall–Kier alpha value is -2.56. The first-order chi connectivity index (χ1) is 14.1. The predicted octanol–water partition coefficient (Wildman–Crippen LogP) is 5.34. The van der Waals surface area contributed by atoms with E-state index in [1.807, 2.05) is 49.4 Å². The van der Waals surface area contributed by atoms with Gasteiger partial charge in [0.1, 0.15) is 12.4 Å². The van der Waals surface area contributed by atoms with Gasteiger partial charge in [0, 0.05) is 30.7 Å². The van der Waals surface area contributed by atoms with Gasteiger partial charge in [-0.2, -0.15) is 0 Å². The highest BCUT2D eigenvalue weighted by Gasteiger charge is 2.15. The van der Waals surface area contributed by atoms with Crippen LogP contribution in [0.3, 0.4) is 0 Å². The summed E-state index contributed by atoms with van der Waals surface area (Å²) in [6.07, 6.45) is 4.28. The molecule has 4 rings (SSSR count). The highest BCUT2D eigenvalue weighted by Crippen LogP contribution is 2.28. The zero-order valence-corrected chi connectivity index (χ0v) is 17.5. The molecular weight excluding hydrogens is 382 g/mol. The number of piperidine rings is 1. The molecule has 0 amide bonds. The van der Waals surface area contributed by atoms with Crippen molar-refractivity contribution in [1.82, 2.24) is 9.88 Å². The second-order valence-corrected chi connectivity index (χ2v) is 7.90. The fraction of sp³-hybridized carbons (Fsp3) is 0.292. The minimum atomic E-state index is 0.634. The molecule has 2 aromatic carbocycles. The van der Waals surface area contributed by atoms with Gasteiger partial charge in [0.25, 0.3) is 0 Å². The summed E-state index contributed by atoms with van der Waals surface area (Å²) >= 11 is 6.32. The molecule has 150 valence electrons. The number of pyridine rings is 1. The molecule has 1 saturated heterocycles. The highest BCUT2D eigenvalue weighted by atomic mass is 35.5. The molecule has 5 heteroatoms. The molecule has 0 unspecified atom stereocenters. The lowest BCUT2D eigenvalue weighted by atomic mass is 10.0. The van der Waals surface area contributed by atoms with Crippen LogP contribution in [0.5, 0.6) is 5.75 Å². The quantitative estimate of drug-likeness (QED) is 0.580. The maximum atomic E-state index is 6.32. The molecule has 1 aliphatic heterocycles. The number of aryl methyl sites for hydroxylation is 1. The standard InChI is InChI=1S/C24H26ClN3O/c1-17-8-9-20-22(27-17)6-3-7-23(20)29-15-14-28-12-10-18(11-13-28)16-19-4-2-5-21(26)24(19)25/h2-9,16H,10-15,26H2,1H3. The van der Waals surface area contributed by atoms with Crippen molar-refractivity contribution in [3.8, 4) is 5.75 Å². The van der Waals surface area contributed by atoms with Crippen molar-refractivity contribution in [2.45, 2.75) is 19.8 Å². The number of likely N-dealkylation sites (tertiary alicyclic amines) is 1. The summed E-state index contributed by atoms with van der Waals surface area (Å²) in [6.45, 7) is 5.67. The Bertz CT molecular complexity index is 1040. The molecule has 0 atom stereocenters. The number of nitrogen functional groups attached to an aromatic ring is 1. The lowest BCUT2D eigenvalue weighted by Crippen LogP contribution is -2.34. The molecule has 29 heavy (non-hydrogen) atoms. The summed E-state index contributed by atoms with van der Waals surface area (Å²) < 4.78 is 6.09. The zero-order valence-electron chi connectivity index (χ0n) is 16.7. The van der Waals surface area contributed by atoms with E-state index < -0.39 is 0 Å². The maximum absolute atomic E-state index is 6.32. The van der Waals surface area contributed by atoms with E-state index in [2.05, 4.69) is 22.0 Å². The lowest BCUT2D eigenvalue weighted by molar-refractivity contribution is 0.200. The molecule has 0 spiro atoms. The minimum Gasteiger partial charge on any atom is -0.492 e. The van der Waals surface area contributed by atoms with Crippen molar-refractivity contribution >= 4 is 34.3 Å². The number of anilines is 1. The van der Waals surface area contributed by atoms with Crippen molar-refractivity contribution in [1.29, 1.82) is 0 Å². The average Bonchev–Trinajstić information content (AvgIpc) is 2.72. The number of fused-ring (bicyclic) bond motifs is 1. The monoisotopic (exact) mass is 407 g/mol. The molecule has 0 aliphatic carbocycles. The Labute approximate surface area is 176 Å². The molecule has 2 N–H and O–H groups in total. The van der Waals surface area contributed by atoms with Crippen LogP contribution in [-0.2, 0) is 0 Å². The van der Waals surface area contributed by atoms with Crippen LogP contribution in [0.2, 0.25) is 5.02 Å². The number of aromatic nitrogens is 1. The first-order valence-corrected chi connectivity index (χ1v) is 10.4. The third kappa shape index (κ3) is 4.72. The number of hydrogen-bond donors (Lipinski definition) is 1. The molecule has 1 aromatic heterocycles. The second kappa shape index (κ2) is 8.85. The number of benzene rings is 2. The summed E-state index contributed by atoms with van der Waals surface area (Å²) in [5.74, 6) is 0.906. The largest absolute Gasteiger partial charge is 0.492 e. The third-order valence-electron chi connectivity index (χ3n) is 5.41. The van der Waals surface area contributed by atoms with E-state index in [4.69, 9.17) is 22.1 Å². The molecule has 1 fully saturated rings. The highest BCUT2D eigenvalue weighted by molar-refractivity contribution is 6.34. The Morgan fingerprint density at radius 2 is 1.90 bits per heavy atom. The summed E-state index contributed by atoms with van der Waals surface area (Å²) in [7, 11) is 0. The van der Waals surface area contributed by atoms with Crippen molar-refractivity contribution < 1.29 is 4.74 Å².